The number of rotatable bonds is 19. The quantitative estimate of drug-likeness (QED) is 0.173. The Morgan fingerprint density at radius 1 is 0.704 bits per heavy atom. The zero-order valence-corrected chi connectivity index (χ0v) is 18.1. The van der Waals surface area contributed by atoms with Crippen LogP contribution in [0, 0.1) is 0 Å². The maximum absolute atomic E-state index is 11.0. The summed E-state index contributed by atoms with van der Waals surface area (Å²) in [5, 5.41) is 0. The van der Waals surface area contributed by atoms with Crippen LogP contribution in [0.5, 0.6) is 0 Å². The van der Waals surface area contributed by atoms with Crippen molar-refractivity contribution in [1.29, 1.82) is 0 Å². The van der Waals surface area contributed by atoms with Gasteiger partial charge in [0.15, 0.2) is 0 Å². The Hall–Kier alpha value is -0.480. The van der Waals surface area contributed by atoms with Crippen molar-refractivity contribution in [3.05, 3.63) is 12.2 Å². The predicted octanol–water partition coefficient (Wildman–Crippen LogP) is 5.10. The molecule has 9 heteroatoms. The highest BCUT2D eigenvalue weighted by molar-refractivity contribution is 7.94. The minimum atomic E-state index is -5.07. The molecule has 0 aliphatic carbocycles. The van der Waals surface area contributed by atoms with Gasteiger partial charge in [0, 0.05) is 0 Å². The van der Waals surface area contributed by atoms with Crippen LogP contribution in [-0.2, 0) is 28.6 Å². The molecule has 7 nitrogen and oxygen atoms in total. The SMILES string of the molecule is CCCCCCCC/C=C\CCCCCCCCOS(=O)(=O)OS(=O)(=O)O. The van der Waals surface area contributed by atoms with E-state index in [-0.39, 0.29) is 6.61 Å². The molecular formula is C18H36O7S2. The van der Waals surface area contributed by atoms with Crippen LogP contribution in [-0.4, -0.2) is 28.0 Å². The normalized spacial score (nSPS) is 12.8. The molecule has 0 saturated carbocycles. The van der Waals surface area contributed by atoms with Crippen molar-refractivity contribution in [2.75, 3.05) is 6.61 Å². The van der Waals surface area contributed by atoms with Crippen LogP contribution in [0.25, 0.3) is 0 Å². The molecule has 0 aliphatic heterocycles. The number of hydrogen-bond donors (Lipinski definition) is 1. The molecule has 0 radical (unpaired) electrons. The van der Waals surface area contributed by atoms with Crippen molar-refractivity contribution in [2.24, 2.45) is 0 Å². The minimum Gasteiger partial charge on any atom is -0.263 e. The number of unbranched alkanes of at least 4 members (excludes halogenated alkanes) is 12. The minimum absolute atomic E-state index is 0.168. The summed E-state index contributed by atoms with van der Waals surface area (Å²) in [6.45, 7) is 2.06. The second kappa shape index (κ2) is 16.5. The molecule has 162 valence electrons. The second-order valence-corrected chi connectivity index (χ2v) is 9.12. The molecule has 27 heavy (non-hydrogen) atoms. The van der Waals surface area contributed by atoms with Crippen molar-refractivity contribution >= 4 is 20.8 Å². The first-order chi connectivity index (χ1) is 12.8. The largest absolute Gasteiger partial charge is 0.416 e. The van der Waals surface area contributed by atoms with Gasteiger partial charge in [0.2, 0.25) is 0 Å². The Labute approximate surface area is 165 Å². The van der Waals surface area contributed by atoms with E-state index in [0.717, 1.165) is 38.5 Å². The first-order valence-corrected chi connectivity index (χ1v) is 12.7. The molecule has 0 atom stereocenters. The lowest BCUT2D eigenvalue weighted by Crippen LogP contribution is -2.15. The zero-order valence-electron chi connectivity index (χ0n) is 16.5. The molecule has 0 aromatic carbocycles. The summed E-state index contributed by atoms with van der Waals surface area (Å²) in [6, 6.07) is 0. The van der Waals surface area contributed by atoms with Gasteiger partial charge in [0.05, 0.1) is 6.61 Å². The highest BCUT2D eigenvalue weighted by atomic mass is 32.3. The topological polar surface area (TPSA) is 107 Å². The highest BCUT2D eigenvalue weighted by Crippen LogP contribution is 2.10. The summed E-state index contributed by atoms with van der Waals surface area (Å²) in [5.41, 5.74) is 0. The maximum Gasteiger partial charge on any atom is 0.416 e. The summed E-state index contributed by atoms with van der Waals surface area (Å²) >= 11 is 0. The summed E-state index contributed by atoms with van der Waals surface area (Å²) in [4.78, 5) is 0. The van der Waals surface area contributed by atoms with Crippen molar-refractivity contribution in [1.82, 2.24) is 0 Å². The van der Waals surface area contributed by atoms with Gasteiger partial charge in [0.25, 0.3) is 0 Å². The smallest absolute Gasteiger partial charge is 0.263 e. The maximum atomic E-state index is 11.0. The van der Waals surface area contributed by atoms with Gasteiger partial charge in [-0.3, -0.25) is 4.55 Å². The molecule has 0 aliphatic rings. The zero-order chi connectivity index (χ0) is 20.4. The number of allylic oxidation sites excluding steroid dienone is 2. The Morgan fingerprint density at radius 3 is 1.63 bits per heavy atom. The molecule has 0 fully saturated rings. The Kier molecular flexibility index (Phi) is 16.2. The monoisotopic (exact) mass is 428 g/mol. The van der Waals surface area contributed by atoms with E-state index < -0.39 is 20.8 Å². The lowest BCUT2D eigenvalue weighted by Gasteiger charge is -2.03. The van der Waals surface area contributed by atoms with E-state index in [1.165, 1.54) is 44.9 Å². The van der Waals surface area contributed by atoms with E-state index in [1.807, 2.05) is 0 Å². The van der Waals surface area contributed by atoms with Gasteiger partial charge >= 0.3 is 20.8 Å². The van der Waals surface area contributed by atoms with E-state index in [1.54, 1.807) is 0 Å². The van der Waals surface area contributed by atoms with Gasteiger partial charge < -0.3 is 0 Å². The summed E-state index contributed by atoms with van der Waals surface area (Å²) < 4.78 is 58.7. The highest BCUT2D eigenvalue weighted by Gasteiger charge is 2.20. The third kappa shape index (κ3) is 21.7. The van der Waals surface area contributed by atoms with Crippen molar-refractivity contribution in [2.45, 2.75) is 96.8 Å². The van der Waals surface area contributed by atoms with Gasteiger partial charge in [0.1, 0.15) is 0 Å². The Balaban J connectivity index is 3.37. The van der Waals surface area contributed by atoms with Crippen LogP contribution in [0.2, 0.25) is 0 Å². The molecule has 0 saturated heterocycles. The Morgan fingerprint density at radius 2 is 1.15 bits per heavy atom. The standard InChI is InChI=1S/C18H36O7S2/c1-2-3-4-5-6-7-8-9-10-11-12-13-14-15-16-17-18-24-27(22,23)25-26(19,20)21/h9-10H,2-8,11-18H2,1H3,(H,19,20,21)/b10-9-. The molecule has 0 heterocycles. The molecule has 0 amide bonds. The van der Waals surface area contributed by atoms with Crippen LogP contribution in [0.1, 0.15) is 96.8 Å². The second-order valence-electron chi connectivity index (χ2n) is 6.66. The van der Waals surface area contributed by atoms with Gasteiger partial charge in [-0.1, -0.05) is 76.9 Å². The molecule has 0 bridgehead atoms. The molecule has 0 spiro atoms. The lowest BCUT2D eigenvalue weighted by atomic mass is 10.1. The van der Waals surface area contributed by atoms with Gasteiger partial charge in [-0.05, 0) is 32.1 Å². The van der Waals surface area contributed by atoms with E-state index >= 15 is 0 Å². The average Bonchev–Trinajstić information content (AvgIpc) is 2.55. The van der Waals surface area contributed by atoms with Gasteiger partial charge in [-0.15, -0.1) is 3.63 Å². The van der Waals surface area contributed by atoms with Crippen LogP contribution in [0.4, 0.5) is 0 Å². The van der Waals surface area contributed by atoms with Gasteiger partial charge in [-0.2, -0.15) is 16.8 Å². The summed E-state index contributed by atoms with van der Waals surface area (Å²) in [6.07, 6.45) is 20.4. The first-order valence-electron chi connectivity index (χ1n) is 9.99. The van der Waals surface area contributed by atoms with Crippen LogP contribution in [0.15, 0.2) is 12.2 Å². The Bertz CT molecular complexity index is 569. The number of hydrogen-bond acceptors (Lipinski definition) is 6. The third-order valence-corrected chi connectivity index (χ3v) is 5.86. The van der Waals surface area contributed by atoms with Crippen LogP contribution in [0.3, 0.4) is 0 Å². The molecule has 0 aromatic rings. The van der Waals surface area contributed by atoms with E-state index in [0.29, 0.717) is 6.42 Å². The van der Waals surface area contributed by atoms with Crippen molar-refractivity contribution in [3.8, 4) is 0 Å². The molecule has 0 unspecified atom stereocenters. The van der Waals surface area contributed by atoms with E-state index in [9.17, 15) is 16.8 Å². The van der Waals surface area contributed by atoms with E-state index in [2.05, 4.69) is 26.9 Å². The molecular weight excluding hydrogens is 392 g/mol. The van der Waals surface area contributed by atoms with Crippen molar-refractivity contribution < 1.29 is 29.2 Å². The van der Waals surface area contributed by atoms with Gasteiger partial charge in [-0.25, -0.2) is 4.18 Å². The first kappa shape index (κ1) is 26.5. The fraction of sp³-hybridized carbons (Fsp3) is 0.889. The van der Waals surface area contributed by atoms with Crippen molar-refractivity contribution in [3.63, 3.8) is 0 Å². The molecule has 0 aromatic heterocycles. The molecule has 0 rings (SSSR count). The van der Waals surface area contributed by atoms with Crippen LogP contribution >= 0.6 is 0 Å². The van der Waals surface area contributed by atoms with E-state index in [4.69, 9.17) is 4.55 Å². The predicted molar refractivity (Wildman–Crippen MR) is 107 cm³/mol. The van der Waals surface area contributed by atoms with Crippen LogP contribution < -0.4 is 0 Å². The summed E-state index contributed by atoms with van der Waals surface area (Å²) in [7, 11) is -9.78. The third-order valence-electron chi connectivity index (χ3n) is 4.05. The lowest BCUT2D eigenvalue weighted by molar-refractivity contribution is 0.258. The fourth-order valence-electron chi connectivity index (χ4n) is 2.64. The average molecular weight is 429 g/mol. The fourth-order valence-corrected chi connectivity index (χ4v) is 3.96. The summed E-state index contributed by atoms with van der Waals surface area (Å²) in [5.74, 6) is 0. The molecule has 1 N–H and O–H groups in total.